The Balaban J connectivity index is 2.37. The molecule has 2 N–H and O–H groups in total. The molecule has 0 aliphatic heterocycles. The molecule has 0 bridgehead atoms. The fourth-order valence-electron chi connectivity index (χ4n) is 2.71. The molecule has 0 saturated carbocycles. The number of ether oxygens (including phenoxy) is 2. The zero-order valence-electron chi connectivity index (χ0n) is 17.5. The van der Waals surface area contributed by atoms with Crippen LogP contribution in [0.4, 0.5) is 11.4 Å². The van der Waals surface area contributed by atoms with Crippen LogP contribution in [0.2, 0.25) is 0 Å². The Morgan fingerprint density at radius 3 is 2.53 bits per heavy atom. The highest BCUT2D eigenvalue weighted by atomic mass is 32.2. The molecule has 2 aromatic rings. The average molecular weight is 442 g/mol. The van der Waals surface area contributed by atoms with E-state index in [1.54, 1.807) is 13.8 Å². The molecular formula is C18H26N4O7S. The predicted molar refractivity (Wildman–Crippen MR) is 109 cm³/mol. The molecule has 0 fully saturated rings. The topological polar surface area (TPSA) is 146 Å². The Morgan fingerprint density at radius 2 is 2.00 bits per heavy atom. The number of aryl methyl sites for hydroxylation is 2. The van der Waals surface area contributed by atoms with Crippen LogP contribution in [0.1, 0.15) is 24.1 Å². The SMILES string of the molecule is COCC(C)(CNS(=O)(=O)c1cc(C)c([N+](=O)[O-])cc1NCc1cnc(C)o1)OC. The average Bonchev–Trinajstić information content (AvgIpc) is 3.10. The maximum absolute atomic E-state index is 13.0. The Kier molecular flexibility index (Phi) is 7.53. The second-order valence-corrected chi connectivity index (χ2v) is 8.74. The first-order valence-electron chi connectivity index (χ1n) is 8.99. The van der Waals surface area contributed by atoms with Crippen LogP contribution in [-0.2, 0) is 26.0 Å². The lowest BCUT2D eigenvalue weighted by Gasteiger charge is -2.27. The zero-order chi connectivity index (χ0) is 22.5. The van der Waals surface area contributed by atoms with Gasteiger partial charge in [-0.3, -0.25) is 10.1 Å². The lowest BCUT2D eigenvalue weighted by Crippen LogP contribution is -2.45. The number of hydrogen-bond acceptors (Lipinski definition) is 9. The molecule has 1 heterocycles. The van der Waals surface area contributed by atoms with Crippen molar-refractivity contribution < 1.29 is 27.2 Å². The van der Waals surface area contributed by atoms with Crippen molar-refractivity contribution in [2.45, 2.75) is 37.8 Å². The molecular weight excluding hydrogens is 416 g/mol. The summed E-state index contributed by atoms with van der Waals surface area (Å²) < 4.78 is 44.3. The number of oxazole rings is 1. The van der Waals surface area contributed by atoms with E-state index in [2.05, 4.69) is 15.0 Å². The number of nitro groups is 1. The van der Waals surface area contributed by atoms with Gasteiger partial charge >= 0.3 is 0 Å². The molecule has 1 aromatic carbocycles. The smallest absolute Gasteiger partial charge is 0.274 e. The van der Waals surface area contributed by atoms with Crippen molar-refractivity contribution in [1.29, 1.82) is 0 Å². The summed E-state index contributed by atoms with van der Waals surface area (Å²) in [6.45, 7) is 5.06. The number of nitrogens with zero attached hydrogens (tertiary/aromatic N) is 2. The molecule has 0 aliphatic rings. The molecule has 0 aliphatic carbocycles. The van der Waals surface area contributed by atoms with Crippen LogP contribution in [0.25, 0.3) is 0 Å². The highest BCUT2D eigenvalue weighted by Crippen LogP contribution is 2.30. The van der Waals surface area contributed by atoms with Crippen molar-refractivity contribution in [3.8, 4) is 0 Å². The van der Waals surface area contributed by atoms with Gasteiger partial charge in [-0.05, 0) is 19.9 Å². The molecule has 1 atom stereocenters. The van der Waals surface area contributed by atoms with Crippen molar-refractivity contribution in [2.75, 3.05) is 32.7 Å². The first-order valence-corrected chi connectivity index (χ1v) is 10.5. The number of nitro benzene ring substituents is 1. The number of aromatic nitrogens is 1. The van der Waals surface area contributed by atoms with E-state index < -0.39 is 20.5 Å². The second-order valence-electron chi connectivity index (χ2n) is 7.00. The minimum Gasteiger partial charge on any atom is -0.444 e. The Labute approximate surface area is 175 Å². The van der Waals surface area contributed by atoms with Gasteiger partial charge in [-0.15, -0.1) is 0 Å². The van der Waals surface area contributed by atoms with Gasteiger partial charge in [-0.25, -0.2) is 18.1 Å². The van der Waals surface area contributed by atoms with Crippen LogP contribution in [0.5, 0.6) is 0 Å². The minimum atomic E-state index is -4.03. The van der Waals surface area contributed by atoms with E-state index >= 15 is 0 Å². The van der Waals surface area contributed by atoms with Crippen LogP contribution >= 0.6 is 0 Å². The second kappa shape index (κ2) is 9.51. The Morgan fingerprint density at radius 1 is 1.30 bits per heavy atom. The minimum absolute atomic E-state index is 0.0591. The third kappa shape index (κ3) is 5.75. The van der Waals surface area contributed by atoms with Gasteiger partial charge < -0.3 is 19.2 Å². The zero-order valence-corrected chi connectivity index (χ0v) is 18.3. The van der Waals surface area contributed by atoms with E-state index in [9.17, 15) is 18.5 Å². The number of sulfonamides is 1. The molecule has 1 aromatic heterocycles. The normalized spacial score (nSPS) is 13.8. The third-order valence-electron chi connectivity index (χ3n) is 4.49. The van der Waals surface area contributed by atoms with E-state index in [0.29, 0.717) is 11.7 Å². The first kappa shape index (κ1) is 23.7. The van der Waals surface area contributed by atoms with Gasteiger partial charge in [0.2, 0.25) is 10.0 Å². The highest BCUT2D eigenvalue weighted by molar-refractivity contribution is 7.89. The summed E-state index contributed by atoms with van der Waals surface area (Å²) in [4.78, 5) is 14.6. The van der Waals surface area contributed by atoms with E-state index in [0.717, 1.165) is 0 Å². The van der Waals surface area contributed by atoms with Crippen LogP contribution in [-0.4, -0.2) is 51.3 Å². The van der Waals surface area contributed by atoms with Gasteiger partial charge in [0.15, 0.2) is 5.89 Å². The number of anilines is 1. The van der Waals surface area contributed by atoms with Crippen LogP contribution in [0.15, 0.2) is 27.6 Å². The standard InChI is InChI=1S/C18H26N4O7S/c1-12-6-17(30(25,26)21-10-18(3,28-5)11-27-4)15(7-16(12)22(23)24)20-9-14-8-19-13(2)29-14/h6-8,20-21H,9-11H2,1-5H3. The molecule has 166 valence electrons. The van der Waals surface area contributed by atoms with E-state index in [1.807, 2.05) is 0 Å². The molecule has 1 unspecified atom stereocenters. The van der Waals surface area contributed by atoms with E-state index in [-0.39, 0.29) is 41.5 Å². The molecule has 0 radical (unpaired) electrons. The summed E-state index contributed by atoms with van der Waals surface area (Å²) in [6, 6.07) is 2.45. The van der Waals surface area contributed by atoms with Gasteiger partial charge in [0.1, 0.15) is 16.3 Å². The number of benzene rings is 1. The molecule has 0 spiro atoms. The van der Waals surface area contributed by atoms with Crippen molar-refractivity contribution in [1.82, 2.24) is 9.71 Å². The number of hydrogen-bond donors (Lipinski definition) is 2. The van der Waals surface area contributed by atoms with Crippen molar-refractivity contribution >= 4 is 21.4 Å². The molecule has 0 amide bonds. The summed E-state index contributed by atoms with van der Waals surface area (Å²) in [5, 5.41) is 14.2. The number of rotatable bonds is 11. The number of methoxy groups -OCH3 is 2. The van der Waals surface area contributed by atoms with E-state index in [1.165, 1.54) is 39.5 Å². The lowest BCUT2D eigenvalue weighted by molar-refractivity contribution is -0.385. The molecule has 30 heavy (non-hydrogen) atoms. The van der Waals surface area contributed by atoms with Crippen molar-refractivity contribution in [3.05, 3.63) is 45.7 Å². The fourth-order valence-corrected chi connectivity index (χ4v) is 4.11. The summed E-state index contributed by atoms with van der Waals surface area (Å²) in [5.74, 6) is 0.910. The maximum Gasteiger partial charge on any atom is 0.274 e. The molecule has 2 rings (SSSR count). The number of nitrogens with one attached hydrogen (secondary N) is 2. The highest BCUT2D eigenvalue weighted by Gasteiger charge is 2.29. The summed E-state index contributed by atoms with van der Waals surface area (Å²) in [6.07, 6.45) is 1.49. The van der Waals surface area contributed by atoms with Crippen molar-refractivity contribution in [3.63, 3.8) is 0 Å². The van der Waals surface area contributed by atoms with Gasteiger partial charge in [-0.2, -0.15) is 0 Å². The van der Waals surface area contributed by atoms with Gasteiger partial charge in [0, 0.05) is 39.3 Å². The molecule has 0 saturated heterocycles. The quantitative estimate of drug-likeness (QED) is 0.395. The predicted octanol–water partition coefficient (Wildman–Crippen LogP) is 2.14. The summed E-state index contributed by atoms with van der Waals surface area (Å²) in [7, 11) is -1.09. The molecule has 12 heteroatoms. The monoisotopic (exact) mass is 442 g/mol. The molecule has 11 nitrogen and oxygen atoms in total. The van der Waals surface area contributed by atoms with Gasteiger partial charge in [-0.1, -0.05) is 0 Å². The van der Waals surface area contributed by atoms with Crippen molar-refractivity contribution in [2.24, 2.45) is 0 Å². The van der Waals surface area contributed by atoms with Crippen LogP contribution < -0.4 is 10.0 Å². The van der Waals surface area contributed by atoms with Crippen LogP contribution in [0.3, 0.4) is 0 Å². The third-order valence-corrected chi connectivity index (χ3v) is 5.93. The summed E-state index contributed by atoms with van der Waals surface area (Å²) in [5.41, 5.74) is -0.804. The Bertz CT molecular complexity index is 1010. The van der Waals surface area contributed by atoms with Crippen LogP contribution in [0, 0.1) is 24.0 Å². The largest absolute Gasteiger partial charge is 0.444 e. The Hall–Kier alpha value is -2.54. The lowest BCUT2D eigenvalue weighted by atomic mass is 10.1. The van der Waals surface area contributed by atoms with E-state index in [4.69, 9.17) is 13.9 Å². The first-order chi connectivity index (χ1) is 14.0. The van der Waals surface area contributed by atoms with Gasteiger partial charge in [0.25, 0.3) is 5.69 Å². The fraction of sp³-hybridized carbons (Fsp3) is 0.500. The van der Waals surface area contributed by atoms with Gasteiger partial charge in [0.05, 0.1) is 30.0 Å². The maximum atomic E-state index is 13.0. The summed E-state index contributed by atoms with van der Waals surface area (Å²) >= 11 is 0.